The van der Waals surface area contributed by atoms with Gasteiger partial charge in [-0.1, -0.05) is 305 Å². The highest BCUT2D eigenvalue weighted by Gasteiger charge is 2.23. The molecule has 0 aliphatic carbocycles. The number of unbranched alkanes of at least 4 members (excludes halogenated alkanes) is 22. The van der Waals surface area contributed by atoms with Gasteiger partial charge in [-0.05, 0) is 135 Å². The molecular weight excluding hydrogens is 1120 g/mol. The number of carbonyl (C=O) groups is 1. The second kappa shape index (κ2) is 68.0. The molecule has 0 fully saturated rings. The van der Waals surface area contributed by atoms with E-state index in [9.17, 15) is 19.4 Å². The van der Waals surface area contributed by atoms with Gasteiger partial charge >= 0.3 is 0 Å². The van der Waals surface area contributed by atoms with E-state index in [-0.39, 0.29) is 18.9 Å². The molecule has 0 rings (SSSR count). The molecule has 0 aromatic carbocycles. The minimum Gasteiger partial charge on any atom is -0.756 e. The van der Waals surface area contributed by atoms with E-state index < -0.39 is 26.6 Å². The quantitative estimate of drug-likeness (QED) is 0.0272. The number of hydrogen-bond donors (Lipinski definition) is 2. The molecule has 1 amide bonds. The van der Waals surface area contributed by atoms with E-state index in [4.69, 9.17) is 9.05 Å². The molecule has 504 valence electrons. The summed E-state index contributed by atoms with van der Waals surface area (Å²) in [4.78, 5) is 25.6. The summed E-state index contributed by atoms with van der Waals surface area (Å²) in [6, 6.07) is -0.940. The van der Waals surface area contributed by atoms with Crippen molar-refractivity contribution in [3.8, 4) is 0 Å². The Kier molecular flexibility index (Phi) is 64.6. The molecule has 9 heteroatoms. The highest BCUT2D eigenvalue weighted by molar-refractivity contribution is 7.45. The highest BCUT2D eigenvalue weighted by atomic mass is 31.2. The molecule has 0 spiro atoms. The SMILES string of the molecule is CC/C=C\C/C=C\C/C=C\C/C=C\C/C=C\C/C=C\C/C=C\C/C=C\C/C=C\C/C=C\C/C=C\C/C=C\CCCCCCC(=O)NC(COP(=O)([O-])OCC[N+](C)(C)C)C(O)/C=C/CC/C=C/CC/C=C/CCCCCCCCCCCCCCCCCC. The Hall–Kier alpha value is -4.40. The molecule has 0 saturated carbocycles. The molecule has 0 aliphatic heterocycles. The van der Waals surface area contributed by atoms with Crippen LogP contribution in [0.25, 0.3) is 0 Å². The maximum atomic E-state index is 13.0. The van der Waals surface area contributed by atoms with Crippen LogP contribution in [-0.4, -0.2) is 68.5 Å². The lowest BCUT2D eigenvalue weighted by Gasteiger charge is -2.29. The lowest BCUT2D eigenvalue weighted by molar-refractivity contribution is -0.870. The van der Waals surface area contributed by atoms with Crippen molar-refractivity contribution in [3.63, 3.8) is 0 Å². The van der Waals surface area contributed by atoms with Gasteiger partial charge in [-0.25, -0.2) is 0 Å². The fourth-order valence-corrected chi connectivity index (χ4v) is 10.1. The number of nitrogens with zero attached hydrogens (tertiary/aromatic N) is 1. The Labute approximate surface area is 548 Å². The summed E-state index contributed by atoms with van der Waals surface area (Å²) in [6.45, 7) is 4.48. The third kappa shape index (κ3) is 70.9. The van der Waals surface area contributed by atoms with Crippen LogP contribution in [0.1, 0.15) is 264 Å². The predicted octanol–water partition coefficient (Wildman–Crippen LogP) is 22.6. The summed E-state index contributed by atoms with van der Waals surface area (Å²) in [7, 11) is 1.19. The van der Waals surface area contributed by atoms with Gasteiger partial charge in [-0.15, -0.1) is 0 Å². The number of aliphatic hydroxyl groups is 1. The first-order chi connectivity index (χ1) is 43.5. The summed E-state index contributed by atoms with van der Waals surface area (Å²) in [5, 5.41) is 13.9. The van der Waals surface area contributed by atoms with Crippen LogP contribution in [0, 0.1) is 0 Å². The topological polar surface area (TPSA) is 108 Å². The average molecular weight is 1250 g/mol. The second-order valence-electron chi connectivity index (χ2n) is 24.5. The summed E-state index contributed by atoms with van der Waals surface area (Å²) >= 11 is 0. The lowest BCUT2D eigenvalue weighted by Crippen LogP contribution is -2.45. The fraction of sp³-hybridized carbons (Fsp3) is 0.613. The van der Waals surface area contributed by atoms with Gasteiger partial charge in [-0.2, -0.15) is 0 Å². The number of phosphoric acid groups is 1. The largest absolute Gasteiger partial charge is 0.756 e. The number of carbonyl (C=O) groups excluding carboxylic acids is 1. The number of rotatable bonds is 63. The van der Waals surface area contributed by atoms with Crippen LogP contribution in [0.15, 0.2) is 182 Å². The molecule has 0 radical (unpaired) electrons. The molecular formula is C80H133N2O6P. The number of amides is 1. The number of likely N-dealkylation sites (N-methyl/N-ethyl adjacent to an activating group) is 1. The van der Waals surface area contributed by atoms with Gasteiger partial charge in [0.15, 0.2) is 0 Å². The summed E-state index contributed by atoms with van der Waals surface area (Å²) in [6.07, 6.45) is 109. The first kappa shape index (κ1) is 84.6. The van der Waals surface area contributed by atoms with Gasteiger partial charge in [0.05, 0.1) is 39.9 Å². The number of aliphatic hydroxyl groups excluding tert-OH is 1. The molecule has 0 bridgehead atoms. The van der Waals surface area contributed by atoms with Crippen LogP contribution in [-0.2, 0) is 18.4 Å². The van der Waals surface area contributed by atoms with E-state index >= 15 is 0 Å². The van der Waals surface area contributed by atoms with E-state index in [0.717, 1.165) is 122 Å². The van der Waals surface area contributed by atoms with Crippen molar-refractivity contribution in [2.24, 2.45) is 0 Å². The number of allylic oxidation sites excluding steroid dienone is 29. The first-order valence-electron chi connectivity index (χ1n) is 35.6. The molecule has 0 heterocycles. The maximum Gasteiger partial charge on any atom is 0.268 e. The zero-order chi connectivity index (χ0) is 64.8. The van der Waals surface area contributed by atoms with Gasteiger partial charge in [0.2, 0.25) is 5.91 Å². The van der Waals surface area contributed by atoms with Crippen molar-refractivity contribution in [2.75, 3.05) is 40.9 Å². The predicted molar refractivity (Wildman–Crippen MR) is 389 cm³/mol. The van der Waals surface area contributed by atoms with Crippen molar-refractivity contribution in [1.82, 2.24) is 5.32 Å². The Morgan fingerprint density at radius 3 is 1.04 bits per heavy atom. The summed E-state index contributed by atoms with van der Waals surface area (Å²) in [5.41, 5.74) is 0. The molecule has 0 saturated heterocycles. The van der Waals surface area contributed by atoms with Crippen LogP contribution in [0.2, 0.25) is 0 Å². The number of hydrogen-bond acceptors (Lipinski definition) is 6. The van der Waals surface area contributed by atoms with Gasteiger partial charge in [0.1, 0.15) is 13.2 Å². The highest BCUT2D eigenvalue weighted by Crippen LogP contribution is 2.38. The van der Waals surface area contributed by atoms with Crippen molar-refractivity contribution in [1.29, 1.82) is 0 Å². The Balaban J connectivity index is 4.26. The van der Waals surface area contributed by atoms with Gasteiger partial charge < -0.3 is 28.8 Å². The van der Waals surface area contributed by atoms with Crippen molar-refractivity contribution < 1.29 is 32.9 Å². The lowest BCUT2D eigenvalue weighted by atomic mass is 10.0. The van der Waals surface area contributed by atoms with E-state index in [1.54, 1.807) is 6.08 Å². The van der Waals surface area contributed by atoms with Crippen molar-refractivity contribution in [3.05, 3.63) is 182 Å². The third-order valence-corrected chi connectivity index (χ3v) is 15.8. The Morgan fingerprint density at radius 2 is 0.697 bits per heavy atom. The fourth-order valence-electron chi connectivity index (χ4n) is 9.34. The first-order valence-corrected chi connectivity index (χ1v) is 37.1. The molecule has 0 aromatic rings. The smallest absolute Gasteiger partial charge is 0.268 e. The monoisotopic (exact) mass is 1250 g/mol. The van der Waals surface area contributed by atoms with Crippen LogP contribution in [0.4, 0.5) is 0 Å². The van der Waals surface area contributed by atoms with Crippen LogP contribution < -0.4 is 10.2 Å². The number of quaternary nitrogens is 1. The Morgan fingerprint density at radius 1 is 0.404 bits per heavy atom. The molecule has 89 heavy (non-hydrogen) atoms. The molecule has 3 unspecified atom stereocenters. The molecule has 0 aromatic heterocycles. The molecule has 0 aliphatic rings. The van der Waals surface area contributed by atoms with E-state index in [1.165, 1.54) is 109 Å². The van der Waals surface area contributed by atoms with Crippen LogP contribution in [0.5, 0.6) is 0 Å². The van der Waals surface area contributed by atoms with Gasteiger partial charge in [-0.3, -0.25) is 9.36 Å². The van der Waals surface area contributed by atoms with Gasteiger partial charge in [0, 0.05) is 6.42 Å². The summed E-state index contributed by atoms with van der Waals surface area (Å²) in [5.74, 6) is -0.242. The van der Waals surface area contributed by atoms with Crippen LogP contribution in [0.3, 0.4) is 0 Å². The molecule has 8 nitrogen and oxygen atoms in total. The summed E-state index contributed by atoms with van der Waals surface area (Å²) < 4.78 is 23.4. The molecule has 3 atom stereocenters. The Bertz CT molecular complexity index is 2110. The second-order valence-corrected chi connectivity index (χ2v) is 25.9. The van der Waals surface area contributed by atoms with Crippen LogP contribution >= 0.6 is 7.82 Å². The minimum atomic E-state index is -4.64. The minimum absolute atomic E-state index is 0.0241. The average Bonchev–Trinajstić information content (AvgIpc) is 3.61. The van der Waals surface area contributed by atoms with Gasteiger partial charge in [0.25, 0.3) is 7.82 Å². The standard InChI is InChI=1S/C80H133N2O6P/c1-6-8-10-12-14-16-18-20-22-24-26-28-30-32-34-35-36-37-38-39-40-41-42-43-44-45-46-47-48-50-52-54-56-58-60-62-64-66-68-70-72-74-80(84)81-78(77-88-89(85,86)87-76-75-82(3,4)5)79(83)73-71-69-67-65-63-61-59-57-55-53-51-49-33-31-29-27-25-23-21-19-17-15-13-11-9-7-2/h8,10,14,16,20,22,26,28,32,34,36-37,39-40,42-43,45-46,48,50,54-57,60,62-63,65,71,73,78-79,83H,6-7,9,11-13,15,17-19,21,23-25,27,29-31,33,35,38,41,44,47,49,51-53,58-59,61,64,66-70,72,74-77H2,1-5H3,(H-,81,84,85,86)/b10-8-,16-14-,22-20-,28-26-,34-32-,37-36-,40-39-,43-42-,46-45-,50-48-,56-54-,57-55+,62-60-,65-63+,73-71+. The van der Waals surface area contributed by atoms with E-state index in [2.05, 4.69) is 189 Å². The van der Waals surface area contributed by atoms with E-state index in [1.807, 2.05) is 27.2 Å². The number of phosphoric ester groups is 1. The van der Waals surface area contributed by atoms with Crippen molar-refractivity contribution >= 4 is 13.7 Å². The zero-order valence-corrected chi connectivity index (χ0v) is 58.5. The third-order valence-electron chi connectivity index (χ3n) is 14.8. The molecule has 2 N–H and O–H groups in total. The number of nitrogens with one attached hydrogen (secondary N) is 1. The zero-order valence-electron chi connectivity index (χ0n) is 57.6. The normalized spacial score (nSPS) is 14.7. The van der Waals surface area contributed by atoms with Crippen molar-refractivity contribution in [2.45, 2.75) is 276 Å². The van der Waals surface area contributed by atoms with E-state index in [0.29, 0.717) is 23.9 Å². The maximum absolute atomic E-state index is 13.0.